The zero-order valence-corrected chi connectivity index (χ0v) is 12.6. The lowest BCUT2D eigenvalue weighted by Crippen LogP contribution is -2.29. The number of halogens is 1. The second-order valence-corrected chi connectivity index (χ2v) is 4.61. The van der Waals surface area contributed by atoms with Crippen LogP contribution in [-0.4, -0.2) is 49.2 Å². The van der Waals surface area contributed by atoms with Gasteiger partial charge in [-0.15, -0.1) is 0 Å². The Hall–Kier alpha value is -2.03. The van der Waals surface area contributed by atoms with Gasteiger partial charge in [0.15, 0.2) is 0 Å². The van der Waals surface area contributed by atoms with Gasteiger partial charge in [0.25, 0.3) is 5.91 Å². The molecule has 1 N–H and O–H groups in total. The molecule has 0 aliphatic heterocycles. The zero-order chi connectivity index (χ0) is 15.8. The van der Waals surface area contributed by atoms with Gasteiger partial charge in [-0.3, -0.25) is 9.59 Å². The molecule has 1 aromatic rings. The fourth-order valence-corrected chi connectivity index (χ4v) is 1.80. The van der Waals surface area contributed by atoms with Gasteiger partial charge >= 0.3 is 5.97 Å². The molecule has 5 nitrogen and oxygen atoms in total. The molecule has 0 saturated heterocycles. The average Bonchev–Trinajstić information content (AvgIpc) is 2.50. The summed E-state index contributed by atoms with van der Waals surface area (Å²) in [5.41, 5.74) is 0.946. The molecule has 0 spiro atoms. The molecule has 0 aliphatic rings. The third-order valence-corrected chi connectivity index (χ3v) is 3.06. The van der Waals surface area contributed by atoms with Gasteiger partial charge in [-0.1, -0.05) is 23.4 Å². The summed E-state index contributed by atoms with van der Waals surface area (Å²) in [4.78, 5) is 24.6. The van der Waals surface area contributed by atoms with Crippen molar-refractivity contribution in [3.8, 4) is 11.8 Å². The van der Waals surface area contributed by atoms with E-state index in [0.29, 0.717) is 16.1 Å². The van der Waals surface area contributed by atoms with Crippen molar-refractivity contribution in [3.63, 3.8) is 0 Å². The van der Waals surface area contributed by atoms with E-state index < -0.39 is 0 Å². The Labute approximate surface area is 128 Å². The molecule has 112 valence electrons. The number of nitrogens with zero attached hydrogens (tertiary/aromatic N) is 1. The quantitative estimate of drug-likeness (QED) is 0.673. The lowest BCUT2D eigenvalue weighted by atomic mass is 10.1. The number of carbonyl (C=O) groups excluding carboxylic acids is 2. The Morgan fingerprint density at radius 3 is 2.71 bits per heavy atom. The predicted octanol–water partition coefficient (Wildman–Crippen LogP) is 1.32. The van der Waals surface area contributed by atoms with E-state index in [1.165, 1.54) is 18.1 Å². The Balaban J connectivity index is 2.78. The topological polar surface area (TPSA) is 66.8 Å². The van der Waals surface area contributed by atoms with Crippen molar-refractivity contribution in [2.45, 2.75) is 6.42 Å². The summed E-state index contributed by atoms with van der Waals surface area (Å²) in [6.45, 7) is 0.00245. The molecule has 0 bridgehead atoms. The van der Waals surface area contributed by atoms with Crippen LogP contribution in [0.3, 0.4) is 0 Å². The summed E-state index contributed by atoms with van der Waals surface area (Å²) in [5.74, 6) is 4.56. The fraction of sp³-hybridized carbons (Fsp3) is 0.333. The SMILES string of the molecule is COC(=O)CCN(C)C(=O)c1ccc(C#CCO)c(Cl)c1. The molecule has 21 heavy (non-hydrogen) atoms. The molecule has 1 rings (SSSR count). The average molecular weight is 310 g/mol. The number of rotatable bonds is 4. The highest BCUT2D eigenvalue weighted by Gasteiger charge is 2.14. The summed E-state index contributed by atoms with van der Waals surface area (Å²) in [5, 5.41) is 8.98. The van der Waals surface area contributed by atoms with E-state index >= 15 is 0 Å². The molecular formula is C15H16ClNO4. The van der Waals surface area contributed by atoms with Crippen molar-refractivity contribution < 1.29 is 19.4 Å². The van der Waals surface area contributed by atoms with Gasteiger partial charge in [-0.25, -0.2) is 0 Å². The highest BCUT2D eigenvalue weighted by molar-refractivity contribution is 6.32. The van der Waals surface area contributed by atoms with Crippen LogP contribution < -0.4 is 0 Å². The first-order valence-electron chi connectivity index (χ1n) is 6.21. The first-order chi connectivity index (χ1) is 9.99. The summed E-state index contributed by atoms with van der Waals surface area (Å²) in [7, 11) is 2.90. The molecule has 6 heteroatoms. The Bertz CT molecular complexity index is 589. The van der Waals surface area contributed by atoms with E-state index in [9.17, 15) is 9.59 Å². The molecule has 0 atom stereocenters. The number of ether oxygens (including phenoxy) is 1. The minimum atomic E-state index is -0.373. The molecule has 0 saturated carbocycles. The smallest absolute Gasteiger partial charge is 0.307 e. The summed E-state index contributed by atoms with van der Waals surface area (Å²) < 4.78 is 4.52. The van der Waals surface area contributed by atoms with Crippen LogP contribution in [0.4, 0.5) is 0 Å². The monoisotopic (exact) mass is 309 g/mol. The van der Waals surface area contributed by atoms with Crippen molar-refractivity contribution in [2.75, 3.05) is 27.3 Å². The van der Waals surface area contributed by atoms with Crippen LogP contribution in [0, 0.1) is 11.8 Å². The zero-order valence-electron chi connectivity index (χ0n) is 11.9. The van der Waals surface area contributed by atoms with E-state index in [0.717, 1.165) is 0 Å². The lowest BCUT2D eigenvalue weighted by Gasteiger charge is -2.16. The standard InChI is InChI=1S/C15H16ClNO4/c1-17(8-7-14(19)21-2)15(20)12-6-5-11(4-3-9-18)13(16)10-12/h5-6,10,18H,7-9H2,1-2H3. The van der Waals surface area contributed by atoms with E-state index in [2.05, 4.69) is 16.6 Å². The van der Waals surface area contributed by atoms with Gasteiger partial charge in [0.1, 0.15) is 6.61 Å². The molecule has 0 fully saturated rings. The number of hydrogen-bond donors (Lipinski definition) is 1. The number of methoxy groups -OCH3 is 1. The van der Waals surface area contributed by atoms with Crippen LogP contribution in [0.5, 0.6) is 0 Å². The molecule has 0 radical (unpaired) electrons. The van der Waals surface area contributed by atoms with Gasteiger partial charge in [0.2, 0.25) is 0 Å². The number of aliphatic hydroxyl groups is 1. The Kier molecular flexibility index (Phi) is 6.73. The van der Waals surface area contributed by atoms with Crippen molar-refractivity contribution >= 4 is 23.5 Å². The maximum atomic E-state index is 12.2. The number of benzene rings is 1. The van der Waals surface area contributed by atoms with Gasteiger partial charge in [-0.2, -0.15) is 0 Å². The third-order valence-electron chi connectivity index (χ3n) is 2.74. The molecule has 0 aliphatic carbocycles. The van der Waals surface area contributed by atoms with Crippen LogP contribution in [0.15, 0.2) is 18.2 Å². The van der Waals surface area contributed by atoms with Crippen LogP contribution in [0.2, 0.25) is 5.02 Å². The Morgan fingerprint density at radius 2 is 2.14 bits per heavy atom. The number of aliphatic hydroxyl groups excluding tert-OH is 1. The minimum Gasteiger partial charge on any atom is -0.469 e. The highest BCUT2D eigenvalue weighted by Crippen LogP contribution is 2.18. The molecule has 1 amide bonds. The van der Waals surface area contributed by atoms with E-state index in [-0.39, 0.29) is 31.4 Å². The fourth-order valence-electron chi connectivity index (χ4n) is 1.57. The number of esters is 1. The number of hydrogen-bond acceptors (Lipinski definition) is 4. The van der Waals surface area contributed by atoms with Crippen LogP contribution in [0.1, 0.15) is 22.3 Å². The van der Waals surface area contributed by atoms with Crippen molar-refractivity contribution in [2.24, 2.45) is 0 Å². The van der Waals surface area contributed by atoms with Crippen molar-refractivity contribution in [3.05, 3.63) is 34.3 Å². The maximum absolute atomic E-state index is 12.2. The van der Waals surface area contributed by atoms with E-state index in [1.807, 2.05) is 0 Å². The second-order valence-electron chi connectivity index (χ2n) is 4.21. The van der Waals surface area contributed by atoms with Crippen LogP contribution in [-0.2, 0) is 9.53 Å². The molecule has 0 unspecified atom stereocenters. The number of carbonyl (C=O) groups is 2. The second kappa shape index (κ2) is 8.30. The van der Waals surface area contributed by atoms with Crippen molar-refractivity contribution in [1.82, 2.24) is 4.90 Å². The van der Waals surface area contributed by atoms with E-state index in [4.69, 9.17) is 16.7 Å². The normalized spacial score (nSPS) is 9.52. The van der Waals surface area contributed by atoms with Gasteiger partial charge < -0.3 is 14.7 Å². The number of amides is 1. The molecular weight excluding hydrogens is 294 g/mol. The van der Waals surface area contributed by atoms with E-state index in [1.54, 1.807) is 19.2 Å². The largest absolute Gasteiger partial charge is 0.469 e. The van der Waals surface area contributed by atoms with Crippen molar-refractivity contribution in [1.29, 1.82) is 0 Å². The van der Waals surface area contributed by atoms with Gasteiger partial charge in [-0.05, 0) is 18.2 Å². The minimum absolute atomic E-state index is 0.131. The van der Waals surface area contributed by atoms with Crippen LogP contribution in [0.25, 0.3) is 0 Å². The first kappa shape index (κ1) is 17.0. The lowest BCUT2D eigenvalue weighted by molar-refractivity contribution is -0.140. The Morgan fingerprint density at radius 1 is 1.43 bits per heavy atom. The van der Waals surface area contributed by atoms with Crippen LogP contribution >= 0.6 is 11.6 Å². The third kappa shape index (κ3) is 5.10. The first-order valence-corrected chi connectivity index (χ1v) is 6.59. The predicted molar refractivity (Wildman–Crippen MR) is 79.0 cm³/mol. The summed E-state index contributed by atoms with van der Waals surface area (Å²) in [6, 6.07) is 4.73. The maximum Gasteiger partial charge on any atom is 0.307 e. The molecule has 0 heterocycles. The summed E-state index contributed by atoms with van der Waals surface area (Å²) >= 11 is 6.03. The molecule has 1 aromatic carbocycles. The highest BCUT2D eigenvalue weighted by atomic mass is 35.5. The molecule has 0 aromatic heterocycles. The summed E-state index contributed by atoms with van der Waals surface area (Å²) in [6.07, 6.45) is 0.131. The van der Waals surface area contributed by atoms with Gasteiger partial charge in [0.05, 0.1) is 18.6 Å². The van der Waals surface area contributed by atoms with Gasteiger partial charge in [0, 0.05) is 24.7 Å².